The van der Waals surface area contributed by atoms with E-state index in [1.807, 2.05) is 12.1 Å². The third-order valence-corrected chi connectivity index (χ3v) is 2.12. The number of para-hydroxylation sites is 1. The summed E-state index contributed by atoms with van der Waals surface area (Å²) in [6.45, 7) is 2.07. The molecule has 0 unspecified atom stereocenters. The van der Waals surface area contributed by atoms with Gasteiger partial charge in [0.2, 0.25) is 0 Å². The predicted molar refractivity (Wildman–Crippen MR) is 56.2 cm³/mol. The number of hydrogen-bond donors (Lipinski definition) is 1. The van der Waals surface area contributed by atoms with E-state index in [0.717, 1.165) is 18.4 Å². The quantitative estimate of drug-likeness (QED) is 0.590. The summed E-state index contributed by atoms with van der Waals surface area (Å²) in [7, 11) is 1.36. The lowest BCUT2D eigenvalue weighted by Gasteiger charge is -2.08. The summed E-state index contributed by atoms with van der Waals surface area (Å²) in [5.74, 6) is -0.375. The largest absolute Gasteiger partial charge is 0.465 e. The third kappa shape index (κ3) is 2.05. The van der Waals surface area contributed by atoms with Crippen LogP contribution in [0.25, 0.3) is 0 Å². The number of anilines is 1. The van der Waals surface area contributed by atoms with Crippen molar-refractivity contribution in [3.63, 3.8) is 0 Å². The Morgan fingerprint density at radius 1 is 1.50 bits per heavy atom. The van der Waals surface area contributed by atoms with Gasteiger partial charge in [0.15, 0.2) is 0 Å². The maximum Gasteiger partial charge on any atom is 0.339 e. The zero-order chi connectivity index (χ0) is 10.6. The molecule has 0 saturated heterocycles. The van der Waals surface area contributed by atoms with Crippen molar-refractivity contribution in [1.29, 1.82) is 0 Å². The number of nitrogens with two attached hydrogens (primary N) is 1. The predicted octanol–water partition coefficient (Wildman–Crippen LogP) is 2.01. The SMILES string of the molecule is CCCc1cccc(C(=O)OC)c1N. The van der Waals surface area contributed by atoms with E-state index in [2.05, 4.69) is 11.7 Å². The van der Waals surface area contributed by atoms with Gasteiger partial charge in [-0.05, 0) is 18.1 Å². The van der Waals surface area contributed by atoms with Crippen LogP contribution in [0.1, 0.15) is 29.3 Å². The molecular weight excluding hydrogens is 178 g/mol. The van der Waals surface area contributed by atoms with Gasteiger partial charge in [-0.15, -0.1) is 0 Å². The van der Waals surface area contributed by atoms with Crippen molar-refractivity contribution < 1.29 is 9.53 Å². The molecule has 0 radical (unpaired) electrons. The molecule has 3 nitrogen and oxygen atoms in total. The fraction of sp³-hybridized carbons (Fsp3) is 0.364. The molecule has 1 aromatic rings. The molecule has 14 heavy (non-hydrogen) atoms. The second-order valence-corrected chi connectivity index (χ2v) is 3.12. The smallest absolute Gasteiger partial charge is 0.339 e. The average Bonchev–Trinajstić information content (AvgIpc) is 2.20. The molecule has 0 bridgehead atoms. The molecular formula is C11H15NO2. The van der Waals surface area contributed by atoms with Crippen molar-refractivity contribution in [1.82, 2.24) is 0 Å². The Labute approximate surface area is 83.9 Å². The lowest BCUT2D eigenvalue weighted by atomic mass is 10.0. The normalized spacial score (nSPS) is 9.86. The zero-order valence-corrected chi connectivity index (χ0v) is 8.54. The standard InChI is InChI=1S/C11H15NO2/c1-3-5-8-6-4-7-9(10(8)12)11(13)14-2/h4,6-7H,3,5,12H2,1-2H3. The van der Waals surface area contributed by atoms with Crippen LogP contribution in [-0.2, 0) is 11.2 Å². The molecule has 0 aliphatic carbocycles. The number of benzene rings is 1. The highest BCUT2D eigenvalue weighted by Crippen LogP contribution is 2.19. The van der Waals surface area contributed by atoms with Gasteiger partial charge in [-0.2, -0.15) is 0 Å². The van der Waals surface area contributed by atoms with E-state index in [0.29, 0.717) is 11.3 Å². The van der Waals surface area contributed by atoms with E-state index in [1.165, 1.54) is 7.11 Å². The lowest BCUT2D eigenvalue weighted by Crippen LogP contribution is -2.07. The van der Waals surface area contributed by atoms with Crippen molar-refractivity contribution >= 4 is 11.7 Å². The van der Waals surface area contributed by atoms with Gasteiger partial charge in [-0.25, -0.2) is 4.79 Å². The van der Waals surface area contributed by atoms with Crippen LogP contribution in [0.2, 0.25) is 0 Å². The van der Waals surface area contributed by atoms with E-state index in [-0.39, 0.29) is 5.97 Å². The molecule has 1 rings (SSSR count). The fourth-order valence-corrected chi connectivity index (χ4v) is 1.39. The van der Waals surface area contributed by atoms with Crippen LogP contribution in [0.4, 0.5) is 5.69 Å². The van der Waals surface area contributed by atoms with E-state index in [9.17, 15) is 4.79 Å². The Morgan fingerprint density at radius 3 is 2.79 bits per heavy atom. The van der Waals surface area contributed by atoms with Crippen LogP contribution in [0.15, 0.2) is 18.2 Å². The zero-order valence-electron chi connectivity index (χ0n) is 8.54. The minimum Gasteiger partial charge on any atom is -0.465 e. The van der Waals surface area contributed by atoms with Gasteiger partial charge >= 0.3 is 5.97 Å². The number of esters is 1. The van der Waals surface area contributed by atoms with Crippen molar-refractivity contribution in [2.24, 2.45) is 0 Å². The van der Waals surface area contributed by atoms with Gasteiger partial charge in [0.1, 0.15) is 0 Å². The Balaban J connectivity index is 3.07. The van der Waals surface area contributed by atoms with Crippen LogP contribution in [0.5, 0.6) is 0 Å². The molecule has 0 amide bonds. The van der Waals surface area contributed by atoms with Crippen LogP contribution < -0.4 is 5.73 Å². The van der Waals surface area contributed by atoms with E-state index < -0.39 is 0 Å². The van der Waals surface area contributed by atoms with Gasteiger partial charge < -0.3 is 10.5 Å². The Bertz CT molecular complexity index is 334. The van der Waals surface area contributed by atoms with Crippen LogP contribution in [0, 0.1) is 0 Å². The van der Waals surface area contributed by atoms with Crippen molar-refractivity contribution in [2.45, 2.75) is 19.8 Å². The topological polar surface area (TPSA) is 52.3 Å². The summed E-state index contributed by atoms with van der Waals surface area (Å²) in [5, 5.41) is 0. The number of carbonyl (C=O) groups excluding carboxylic acids is 1. The summed E-state index contributed by atoms with van der Waals surface area (Å²) in [4.78, 5) is 11.3. The molecule has 0 atom stereocenters. The average molecular weight is 193 g/mol. The molecule has 0 saturated carbocycles. The minimum atomic E-state index is -0.375. The van der Waals surface area contributed by atoms with Crippen molar-refractivity contribution in [2.75, 3.05) is 12.8 Å². The maximum absolute atomic E-state index is 11.3. The fourth-order valence-electron chi connectivity index (χ4n) is 1.39. The molecule has 76 valence electrons. The highest BCUT2D eigenvalue weighted by Gasteiger charge is 2.11. The number of hydrogen-bond acceptors (Lipinski definition) is 3. The third-order valence-electron chi connectivity index (χ3n) is 2.12. The summed E-state index contributed by atoms with van der Waals surface area (Å²) in [5.41, 5.74) is 7.85. The molecule has 0 aliphatic rings. The van der Waals surface area contributed by atoms with Crippen molar-refractivity contribution in [3.05, 3.63) is 29.3 Å². The number of carbonyl (C=O) groups is 1. The van der Waals surface area contributed by atoms with Gasteiger partial charge in [0, 0.05) is 5.69 Å². The van der Waals surface area contributed by atoms with Gasteiger partial charge in [-0.3, -0.25) is 0 Å². The first kappa shape index (κ1) is 10.6. The molecule has 0 aliphatic heterocycles. The first-order chi connectivity index (χ1) is 6.70. The number of rotatable bonds is 3. The van der Waals surface area contributed by atoms with Crippen LogP contribution >= 0.6 is 0 Å². The van der Waals surface area contributed by atoms with E-state index in [1.54, 1.807) is 6.07 Å². The summed E-state index contributed by atoms with van der Waals surface area (Å²) in [6, 6.07) is 5.44. The first-order valence-electron chi connectivity index (χ1n) is 4.66. The number of aryl methyl sites for hydroxylation is 1. The van der Waals surface area contributed by atoms with Gasteiger partial charge in [-0.1, -0.05) is 25.5 Å². The monoisotopic (exact) mass is 193 g/mol. The first-order valence-corrected chi connectivity index (χ1v) is 4.66. The van der Waals surface area contributed by atoms with Crippen LogP contribution in [0.3, 0.4) is 0 Å². The number of methoxy groups -OCH3 is 1. The molecule has 0 fully saturated rings. The summed E-state index contributed by atoms with van der Waals surface area (Å²) >= 11 is 0. The van der Waals surface area contributed by atoms with Crippen LogP contribution in [-0.4, -0.2) is 13.1 Å². The maximum atomic E-state index is 11.3. The Hall–Kier alpha value is -1.51. The number of ether oxygens (including phenoxy) is 1. The molecule has 0 heterocycles. The van der Waals surface area contributed by atoms with Gasteiger partial charge in [0.05, 0.1) is 12.7 Å². The lowest BCUT2D eigenvalue weighted by molar-refractivity contribution is 0.0602. The Morgan fingerprint density at radius 2 is 2.21 bits per heavy atom. The van der Waals surface area contributed by atoms with Crippen molar-refractivity contribution in [3.8, 4) is 0 Å². The highest BCUT2D eigenvalue weighted by molar-refractivity contribution is 5.95. The summed E-state index contributed by atoms with van der Waals surface area (Å²) < 4.78 is 4.63. The van der Waals surface area contributed by atoms with E-state index >= 15 is 0 Å². The Kier molecular flexibility index (Phi) is 3.51. The molecule has 3 heteroatoms. The molecule has 2 N–H and O–H groups in total. The molecule has 1 aromatic carbocycles. The van der Waals surface area contributed by atoms with Gasteiger partial charge in [0.25, 0.3) is 0 Å². The summed E-state index contributed by atoms with van der Waals surface area (Å²) in [6.07, 6.45) is 1.89. The molecule has 0 aromatic heterocycles. The second kappa shape index (κ2) is 4.65. The highest BCUT2D eigenvalue weighted by atomic mass is 16.5. The second-order valence-electron chi connectivity index (χ2n) is 3.12. The minimum absolute atomic E-state index is 0.375. The number of nitrogen functional groups attached to an aromatic ring is 1. The molecule has 0 spiro atoms. The van der Waals surface area contributed by atoms with E-state index in [4.69, 9.17) is 5.73 Å².